The summed E-state index contributed by atoms with van der Waals surface area (Å²) in [6.45, 7) is 0. The highest BCUT2D eigenvalue weighted by Crippen LogP contribution is 2.25. The van der Waals surface area contributed by atoms with E-state index in [9.17, 15) is 4.39 Å². The molecule has 3 heteroatoms. The third-order valence-corrected chi connectivity index (χ3v) is 3.05. The number of benzene rings is 1. The van der Waals surface area contributed by atoms with Crippen molar-refractivity contribution in [3.63, 3.8) is 0 Å². The zero-order valence-electron chi connectivity index (χ0n) is 9.42. The quantitative estimate of drug-likeness (QED) is 0.615. The van der Waals surface area contributed by atoms with Crippen LogP contribution in [-0.2, 0) is 0 Å². The second kappa shape index (κ2) is 5.19. The number of ether oxygens (including phenoxy) is 1. The molecule has 1 aromatic carbocycles. The minimum Gasteiger partial charge on any atom is -0.487 e. The molecule has 2 N–H and O–H groups in total. The summed E-state index contributed by atoms with van der Waals surface area (Å²) in [5, 5.41) is 0. The Morgan fingerprint density at radius 2 is 1.81 bits per heavy atom. The summed E-state index contributed by atoms with van der Waals surface area (Å²) in [5.41, 5.74) is 5.93. The van der Waals surface area contributed by atoms with Crippen molar-refractivity contribution < 1.29 is 9.13 Å². The lowest BCUT2D eigenvalue weighted by Crippen LogP contribution is -2.15. The summed E-state index contributed by atoms with van der Waals surface area (Å²) in [4.78, 5) is 0. The molecule has 1 aliphatic carbocycles. The molecule has 0 saturated heterocycles. The van der Waals surface area contributed by atoms with Crippen LogP contribution in [0.2, 0.25) is 0 Å². The summed E-state index contributed by atoms with van der Waals surface area (Å²) < 4.78 is 19.2. The molecular weight excluding hydrogens is 205 g/mol. The lowest BCUT2D eigenvalue weighted by Gasteiger charge is -2.17. The van der Waals surface area contributed by atoms with Gasteiger partial charge in [0, 0.05) is 11.8 Å². The standard InChI is InChI=1S/C13H18FNO/c14-12-9-10(15)7-8-13(12)16-11-5-3-1-2-4-6-11/h7-9,11H,1-6,15H2. The molecule has 0 atom stereocenters. The molecule has 1 saturated carbocycles. The van der Waals surface area contributed by atoms with Crippen LogP contribution in [0.1, 0.15) is 38.5 Å². The van der Waals surface area contributed by atoms with Gasteiger partial charge in [0.15, 0.2) is 11.6 Å². The first kappa shape index (κ1) is 11.2. The minimum atomic E-state index is -0.357. The minimum absolute atomic E-state index is 0.167. The SMILES string of the molecule is Nc1ccc(OC2CCCCCC2)c(F)c1. The topological polar surface area (TPSA) is 35.2 Å². The molecule has 0 heterocycles. The van der Waals surface area contributed by atoms with Gasteiger partial charge in [-0.3, -0.25) is 0 Å². The summed E-state index contributed by atoms with van der Waals surface area (Å²) in [5.74, 6) is -0.0228. The largest absolute Gasteiger partial charge is 0.487 e. The van der Waals surface area contributed by atoms with Gasteiger partial charge in [0.05, 0.1) is 6.10 Å². The highest BCUT2D eigenvalue weighted by Gasteiger charge is 2.15. The smallest absolute Gasteiger partial charge is 0.167 e. The number of nitrogen functional groups attached to an aromatic ring is 1. The first-order chi connectivity index (χ1) is 7.75. The number of anilines is 1. The van der Waals surface area contributed by atoms with E-state index in [-0.39, 0.29) is 11.9 Å². The van der Waals surface area contributed by atoms with Crippen molar-refractivity contribution in [2.45, 2.75) is 44.6 Å². The van der Waals surface area contributed by atoms with Crippen LogP contribution in [0.5, 0.6) is 5.75 Å². The lowest BCUT2D eigenvalue weighted by molar-refractivity contribution is 0.176. The first-order valence-electron chi connectivity index (χ1n) is 5.97. The fourth-order valence-corrected chi connectivity index (χ4v) is 2.15. The first-order valence-corrected chi connectivity index (χ1v) is 5.97. The summed E-state index contributed by atoms with van der Waals surface area (Å²) in [7, 11) is 0. The fraction of sp³-hybridized carbons (Fsp3) is 0.538. The van der Waals surface area contributed by atoms with Gasteiger partial charge >= 0.3 is 0 Å². The Hall–Kier alpha value is -1.25. The molecule has 0 aliphatic heterocycles. The third kappa shape index (κ3) is 2.87. The van der Waals surface area contributed by atoms with Crippen molar-refractivity contribution >= 4 is 5.69 Å². The predicted molar refractivity (Wildman–Crippen MR) is 62.9 cm³/mol. The van der Waals surface area contributed by atoms with Crippen molar-refractivity contribution in [3.8, 4) is 5.75 Å². The normalized spacial score (nSPS) is 18.1. The van der Waals surface area contributed by atoms with Crippen LogP contribution in [0.15, 0.2) is 18.2 Å². The zero-order valence-corrected chi connectivity index (χ0v) is 9.42. The Balaban J connectivity index is 2.01. The maximum atomic E-state index is 13.5. The Labute approximate surface area is 95.6 Å². The molecule has 0 unspecified atom stereocenters. The van der Waals surface area contributed by atoms with E-state index in [1.54, 1.807) is 12.1 Å². The number of hydrogen-bond acceptors (Lipinski definition) is 2. The van der Waals surface area contributed by atoms with Crippen LogP contribution in [0.25, 0.3) is 0 Å². The molecule has 0 spiro atoms. The van der Waals surface area contributed by atoms with Crippen LogP contribution in [-0.4, -0.2) is 6.10 Å². The molecule has 0 bridgehead atoms. The highest BCUT2D eigenvalue weighted by molar-refractivity contribution is 5.42. The van der Waals surface area contributed by atoms with Gasteiger partial charge in [0.2, 0.25) is 0 Å². The zero-order chi connectivity index (χ0) is 11.4. The highest BCUT2D eigenvalue weighted by atomic mass is 19.1. The van der Waals surface area contributed by atoms with Gasteiger partial charge < -0.3 is 10.5 Å². The van der Waals surface area contributed by atoms with Crippen LogP contribution in [0, 0.1) is 5.82 Å². The van der Waals surface area contributed by atoms with Gasteiger partial charge in [-0.25, -0.2) is 4.39 Å². The fourth-order valence-electron chi connectivity index (χ4n) is 2.15. The lowest BCUT2D eigenvalue weighted by atomic mass is 10.1. The molecule has 2 nitrogen and oxygen atoms in total. The predicted octanol–water partition coefficient (Wildman–Crippen LogP) is 3.51. The molecule has 0 amide bonds. The average molecular weight is 223 g/mol. The summed E-state index contributed by atoms with van der Waals surface area (Å²) in [6.07, 6.45) is 7.13. The molecular formula is C13H18FNO. The maximum Gasteiger partial charge on any atom is 0.167 e. The summed E-state index contributed by atoms with van der Waals surface area (Å²) >= 11 is 0. The van der Waals surface area contributed by atoms with E-state index in [1.807, 2.05) is 0 Å². The molecule has 88 valence electrons. The van der Waals surface area contributed by atoms with E-state index in [0.29, 0.717) is 11.4 Å². The Kier molecular flexibility index (Phi) is 3.65. The molecule has 2 rings (SSSR count). The van der Waals surface area contributed by atoms with Gasteiger partial charge in [0.1, 0.15) is 0 Å². The van der Waals surface area contributed by atoms with E-state index in [2.05, 4.69) is 0 Å². The van der Waals surface area contributed by atoms with Crippen molar-refractivity contribution in [2.24, 2.45) is 0 Å². The molecule has 0 radical (unpaired) electrons. The number of hydrogen-bond donors (Lipinski definition) is 1. The summed E-state index contributed by atoms with van der Waals surface area (Å²) in [6, 6.07) is 4.61. The monoisotopic (exact) mass is 223 g/mol. The van der Waals surface area contributed by atoms with Crippen LogP contribution in [0.3, 0.4) is 0 Å². The van der Waals surface area contributed by atoms with Gasteiger partial charge in [-0.1, -0.05) is 12.8 Å². The van der Waals surface area contributed by atoms with E-state index in [4.69, 9.17) is 10.5 Å². The maximum absolute atomic E-state index is 13.5. The van der Waals surface area contributed by atoms with Crippen LogP contribution >= 0.6 is 0 Å². The number of nitrogens with two attached hydrogens (primary N) is 1. The van der Waals surface area contributed by atoms with E-state index in [1.165, 1.54) is 31.7 Å². The van der Waals surface area contributed by atoms with Gasteiger partial charge in [-0.15, -0.1) is 0 Å². The second-order valence-electron chi connectivity index (χ2n) is 4.42. The number of rotatable bonds is 2. The van der Waals surface area contributed by atoms with E-state index in [0.717, 1.165) is 12.8 Å². The average Bonchev–Trinajstić information content (AvgIpc) is 2.51. The van der Waals surface area contributed by atoms with Gasteiger partial charge in [0.25, 0.3) is 0 Å². The molecule has 16 heavy (non-hydrogen) atoms. The van der Waals surface area contributed by atoms with Gasteiger partial charge in [-0.05, 0) is 37.8 Å². The second-order valence-corrected chi connectivity index (χ2v) is 4.42. The van der Waals surface area contributed by atoms with Crippen molar-refractivity contribution in [3.05, 3.63) is 24.0 Å². The van der Waals surface area contributed by atoms with E-state index >= 15 is 0 Å². The van der Waals surface area contributed by atoms with Crippen molar-refractivity contribution in [2.75, 3.05) is 5.73 Å². The van der Waals surface area contributed by atoms with E-state index < -0.39 is 0 Å². The van der Waals surface area contributed by atoms with Gasteiger partial charge in [-0.2, -0.15) is 0 Å². The van der Waals surface area contributed by atoms with Crippen molar-refractivity contribution in [1.82, 2.24) is 0 Å². The molecule has 1 aromatic rings. The van der Waals surface area contributed by atoms with Crippen LogP contribution < -0.4 is 10.5 Å². The molecule has 1 fully saturated rings. The third-order valence-electron chi connectivity index (χ3n) is 3.05. The van der Waals surface area contributed by atoms with Crippen molar-refractivity contribution in [1.29, 1.82) is 0 Å². The molecule has 1 aliphatic rings. The Bertz CT molecular complexity index is 346. The molecule has 0 aromatic heterocycles. The Morgan fingerprint density at radius 1 is 1.12 bits per heavy atom. The van der Waals surface area contributed by atoms with Crippen LogP contribution in [0.4, 0.5) is 10.1 Å². The number of halogens is 1. The Morgan fingerprint density at radius 3 is 2.44 bits per heavy atom.